The normalized spacial score (nSPS) is 16.5. The molecule has 0 unspecified atom stereocenters. The van der Waals surface area contributed by atoms with E-state index in [-0.39, 0.29) is 17.7 Å². The smallest absolute Gasteiger partial charge is 0.263 e. The summed E-state index contributed by atoms with van der Waals surface area (Å²) in [7, 11) is 0. The molecule has 3 heterocycles. The van der Waals surface area contributed by atoms with Crippen LogP contribution in [0.25, 0.3) is 11.3 Å². The minimum Gasteiger partial charge on any atom is -0.338 e. The van der Waals surface area contributed by atoms with Crippen molar-refractivity contribution in [2.24, 2.45) is 5.92 Å². The summed E-state index contributed by atoms with van der Waals surface area (Å²) >= 11 is 2.93. The summed E-state index contributed by atoms with van der Waals surface area (Å²) in [6, 6.07) is 10.3. The van der Waals surface area contributed by atoms with Crippen molar-refractivity contribution in [2.45, 2.75) is 32.1 Å². The lowest BCUT2D eigenvalue weighted by molar-refractivity contribution is -0.121. The summed E-state index contributed by atoms with van der Waals surface area (Å²) in [5.41, 5.74) is 4.91. The number of carbonyl (C=O) groups excluding carboxylic acids is 2. The molecule has 0 bridgehead atoms. The standard InChI is InChI=1S/C23H23N3O2S2/c27-21(16-8-10-26(11-9-16)22(28)20-5-2-12-29-20)25-23-24-19(14-30-23)18-7-6-15-3-1-4-17(15)13-18/h2,5-7,12-14,16H,1,3-4,8-11H2,(H,24,25,27). The Morgan fingerprint density at radius 1 is 1.07 bits per heavy atom. The topological polar surface area (TPSA) is 62.3 Å². The molecule has 0 spiro atoms. The van der Waals surface area contributed by atoms with Crippen molar-refractivity contribution in [3.05, 3.63) is 57.1 Å². The molecule has 30 heavy (non-hydrogen) atoms. The number of rotatable bonds is 4. The molecular formula is C23H23N3O2S2. The fourth-order valence-electron chi connectivity index (χ4n) is 4.30. The maximum Gasteiger partial charge on any atom is 0.263 e. The van der Waals surface area contributed by atoms with Crippen LogP contribution < -0.4 is 5.32 Å². The minimum atomic E-state index is -0.0790. The molecule has 2 aromatic heterocycles. The van der Waals surface area contributed by atoms with Crippen molar-refractivity contribution in [3.8, 4) is 11.3 Å². The van der Waals surface area contributed by atoms with Crippen LogP contribution in [0.2, 0.25) is 0 Å². The number of fused-ring (bicyclic) bond motifs is 1. The quantitative estimate of drug-likeness (QED) is 0.635. The highest BCUT2D eigenvalue weighted by Gasteiger charge is 2.28. The highest BCUT2D eigenvalue weighted by Crippen LogP contribution is 2.30. The summed E-state index contributed by atoms with van der Waals surface area (Å²) in [6.07, 6.45) is 4.92. The second-order valence-electron chi connectivity index (χ2n) is 7.91. The van der Waals surface area contributed by atoms with Crippen molar-refractivity contribution in [2.75, 3.05) is 18.4 Å². The monoisotopic (exact) mass is 437 g/mol. The number of nitrogens with one attached hydrogen (secondary N) is 1. The van der Waals surface area contributed by atoms with Gasteiger partial charge >= 0.3 is 0 Å². The van der Waals surface area contributed by atoms with Gasteiger partial charge in [0.15, 0.2) is 5.13 Å². The van der Waals surface area contributed by atoms with Gasteiger partial charge in [-0.25, -0.2) is 4.98 Å². The van der Waals surface area contributed by atoms with Gasteiger partial charge in [0.05, 0.1) is 10.6 Å². The number of hydrogen-bond acceptors (Lipinski definition) is 5. The largest absolute Gasteiger partial charge is 0.338 e. The second kappa shape index (κ2) is 8.32. The van der Waals surface area contributed by atoms with Gasteiger partial charge in [0.2, 0.25) is 5.91 Å². The average Bonchev–Trinajstić information content (AvgIpc) is 3.54. The molecule has 3 aromatic rings. The number of carbonyl (C=O) groups is 2. The summed E-state index contributed by atoms with van der Waals surface area (Å²) in [6.45, 7) is 1.24. The van der Waals surface area contributed by atoms with E-state index in [1.807, 2.05) is 27.8 Å². The molecule has 0 radical (unpaired) electrons. The molecule has 1 saturated heterocycles. The van der Waals surface area contributed by atoms with E-state index in [1.165, 1.54) is 46.6 Å². The summed E-state index contributed by atoms with van der Waals surface area (Å²) in [4.78, 5) is 32.4. The van der Waals surface area contributed by atoms with Crippen LogP contribution in [0, 0.1) is 5.92 Å². The highest BCUT2D eigenvalue weighted by atomic mass is 32.1. The third-order valence-electron chi connectivity index (χ3n) is 6.01. The molecule has 0 saturated carbocycles. The first-order valence-electron chi connectivity index (χ1n) is 10.4. The maximum atomic E-state index is 12.7. The van der Waals surface area contributed by atoms with Crippen LogP contribution in [0.3, 0.4) is 0 Å². The lowest BCUT2D eigenvalue weighted by Crippen LogP contribution is -2.41. The molecule has 2 aliphatic rings. The molecule has 1 aliphatic heterocycles. The molecule has 1 aliphatic carbocycles. The number of amides is 2. The molecule has 5 rings (SSSR count). The first-order chi connectivity index (χ1) is 14.7. The van der Waals surface area contributed by atoms with Crippen LogP contribution >= 0.6 is 22.7 Å². The molecule has 5 nitrogen and oxygen atoms in total. The summed E-state index contributed by atoms with van der Waals surface area (Å²) in [5.74, 6) is 0.000533. The molecule has 2 amide bonds. The van der Waals surface area contributed by atoms with Crippen molar-refractivity contribution < 1.29 is 9.59 Å². The van der Waals surface area contributed by atoms with Gasteiger partial charge in [0, 0.05) is 30.0 Å². The van der Waals surface area contributed by atoms with E-state index in [0.717, 1.165) is 22.6 Å². The van der Waals surface area contributed by atoms with Crippen LogP contribution in [0.5, 0.6) is 0 Å². The Kier molecular flexibility index (Phi) is 5.39. The zero-order valence-electron chi connectivity index (χ0n) is 16.6. The van der Waals surface area contributed by atoms with Crippen LogP contribution in [-0.2, 0) is 17.6 Å². The van der Waals surface area contributed by atoms with E-state index < -0.39 is 0 Å². The van der Waals surface area contributed by atoms with Crippen molar-refractivity contribution >= 4 is 39.6 Å². The van der Waals surface area contributed by atoms with Gasteiger partial charge < -0.3 is 10.2 Å². The second-order valence-corrected chi connectivity index (χ2v) is 9.71. The van der Waals surface area contributed by atoms with Crippen molar-refractivity contribution in [3.63, 3.8) is 0 Å². The van der Waals surface area contributed by atoms with Crippen LogP contribution in [0.15, 0.2) is 41.1 Å². The third-order valence-corrected chi connectivity index (χ3v) is 7.63. The number of piperidine rings is 1. The van der Waals surface area contributed by atoms with Gasteiger partial charge in [-0.3, -0.25) is 9.59 Å². The van der Waals surface area contributed by atoms with E-state index in [4.69, 9.17) is 0 Å². The number of hydrogen-bond donors (Lipinski definition) is 1. The van der Waals surface area contributed by atoms with Gasteiger partial charge in [-0.15, -0.1) is 22.7 Å². The van der Waals surface area contributed by atoms with Crippen LogP contribution in [0.4, 0.5) is 5.13 Å². The van der Waals surface area contributed by atoms with E-state index >= 15 is 0 Å². The van der Waals surface area contributed by atoms with Crippen molar-refractivity contribution in [1.29, 1.82) is 0 Å². The molecular weight excluding hydrogens is 414 g/mol. The predicted molar refractivity (Wildman–Crippen MR) is 121 cm³/mol. The number of anilines is 1. The van der Waals surface area contributed by atoms with Gasteiger partial charge in [-0.05, 0) is 60.7 Å². The van der Waals surface area contributed by atoms with Gasteiger partial charge in [-0.2, -0.15) is 0 Å². The highest BCUT2D eigenvalue weighted by molar-refractivity contribution is 7.14. The number of aryl methyl sites for hydroxylation is 2. The average molecular weight is 438 g/mol. The molecule has 1 fully saturated rings. The fraction of sp³-hybridized carbons (Fsp3) is 0.348. The summed E-state index contributed by atoms with van der Waals surface area (Å²) in [5, 5.41) is 7.56. The Morgan fingerprint density at radius 3 is 2.70 bits per heavy atom. The Hall–Kier alpha value is -2.51. The molecule has 154 valence electrons. The fourth-order valence-corrected chi connectivity index (χ4v) is 5.72. The van der Waals surface area contributed by atoms with E-state index in [0.29, 0.717) is 31.1 Å². The van der Waals surface area contributed by atoms with Gasteiger partial charge in [0.1, 0.15) is 0 Å². The number of benzene rings is 1. The predicted octanol–water partition coefficient (Wildman–Crippen LogP) is 4.85. The number of thiophene rings is 1. The zero-order valence-corrected chi connectivity index (χ0v) is 18.2. The van der Waals surface area contributed by atoms with Gasteiger partial charge in [0.25, 0.3) is 5.91 Å². The zero-order chi connectivity index (χ0) is 20.5. The first-order valence-corrected chi connectivity index (χ1v) is 12.1. The Morgan fingerprint density at radius 2 is 1.90 bits per heavy atom. The Bertz CT molecular complexity index is 1070. The van der Waals surface area contributed by atoms with Gasteiger partial charge in [-0.1, -0.05) is 18.2 Å². The molecule has 1 aromatic carbocycles. The number of likely N-dealkylation sites (tertiary alicyclic amines) is 1. The Labute approximate surface area is 183 Å². The van der Waals surface area contributed by atoms with Crippen molar-refractivity contribution in [1.82, 2.24) is 9.88 Å². The maximum absolute atomic E-state index is 12.7. The summed E-state index contributed by atoms with van der Waals surface area (Å²) < 4.78 is 0. The minimum absolute atomic E-state index is 0.00748. The number of thiazole rings is 1. The van der Waals surface area contributed by atoms with Crippen LogP contribution in [-0.4, -0.2) is 34.8 Å². The Balaban J connectivity index is 1.18. The lowest BCUT2D eigenvalue weighted by atomic mass is 9.96. The number of aromatic nitrogens is 1. The third kappa shape index (κ3) is 3.91. The first kappa shape index (κ1) is 19.5. The van der Waals surface area contributed by atoms with Crippen LogP contribution in [0.1, 0.15) is 40.1 Å². The van der Waals surface area contributed by atoms with E-state index in [9.17, 15) is 9.59 Å². The SMILES string of the molecule is O=C(Nc1nc(-c2ccc3c(c2)CCC3)cs1)C1CCN(C(=O)c2cccs2)CC1. The molecule has 0 atom stereocenters. The number of nitrogens with zero attached hydrogens (tertiary/aromatic N) is 2. The molecule has 1 N–H and O–H groups in total. The van der Waals surface area contributed by atoms with E-state index in [2.05, 4.69) is 28.5 Å². The lowest BCUT2D eigenvalue weighted by Gasteiger charge is -2.30. The van der Waals surface area contributed by atoms with E-state index in [1.54, 1.807) is 0 Å². The molecule has 7 heteroatoms.